The summed E-state index contributed by atoms with van der Waals surface area (Å²) >= 11 is 1.66. The molecule has 1 aliphatic heterocycles. The zero-order valence-corrected chi connectivity index (χ0v) is 10.8. The Kier molecular flexibility index (Phi) is 5.10. The number of carbonyl (C=O) groups excluding carboxylic acids is 1. The van der Waals surface area contributed by atoms with Gasteiger partial charge in [-0.15, -0.1) is 11.8 Å². The van der Waals surface area contributed by atoms with Crippen molar-refractivity contribution in [2.24, 2.45) is 0 Å². The molecule has 0 bridgehead atoms. The lowest BCUT2D eigenvalue weighted by molar-refractivity contribution is -0.121. The number of amides is 1. The minimum atomic E-state index is -0.191. The van der Waals surface area contributed by atoms with Crippen LogP contribution in [-0.2, 0) is 4.79 Å². The second-order valence-electron chi connectivity index (χ2n) is 4.08. The molecule has 0 unspecified atom stereocenters. The summed E-state index contributed by atoms with van der Waals surface area (Å²) < 4.78 is -0.191. The van der Waals surface area contributed by atoms with Crippen LogP contribution in [0.2, 0.25) is 0 Å². The molecule has 0 aromatic heterocycles. The number of carbonyl (C=O) groups is 1. The van der Waals surface area contributed by atoms with E-state index in [2.05, 4.69) is 16.3 Å². The van der Waals surface area contributed by atoms with E-state index in [1.807, 2.05) is 6.26 Å². The summed E-state index contributed by atoms with van der Waals surface area (Å²) in [4.78, 5) is 13.4. The smallest absolute Gasteiger partial charge is 0.221 e. The molecule has 0 aromatic rings. The number of likely N-dealkylation sites (tertiary alicyclic amines) is 1. The molecule has 1 N–H and O–H groups in total. The molecule has 1 rings (SSSR count). The van der Waals surface area contributed by atoms with Crippen LogP contribution in [0, 0.1) is 11.3 Å². The predicted molar refractivity (Wildman–Crippen MR) is 66.2 cm³/mol. The molecule has 1 aliphatic rings. The molecule has 16 heavy (non-hydrogen) atoms. The Morgan fingerprint density at radius 1 is 1.56 bits per heavy atom. The topological polar surface area (TPSA) is 56.1 Å². The predicted octanol–water partition coefficient (Wildman–Crippen LogP) is 0.844. The average molecular weight is 241 g/mol. The first kappa shape index (κ1) is 13.3. The van der Waals surface area contributed by atoms with E-state index in [9.17, 15) is 4.79 Å². The molecule has 1 saturated heterocycles. The van der Waals surface area contributed by atoms with E-state index in [1.165, 1.54) is 0 Å². The summed E-state index contributed by atoms with van der Waals surface area (Å²) in [5.74, 6) is 0.0852. The van der Waals surface area contributed by atoms with Crippen molar-refractivity contribution < 1.29 is 4.79 Å². The summed E-state index contributed by atoms with van der Waals surface area (Å²) in [7, 11) is 1.66. The normalized spacial score (nSPS) is 20.1. The lowest BCUT2D eigenvalue weighted by atomic mass is 9.97. The fourth-order valence-corrected chi connectivity index (χ4v) is 2.57. The van der Waals surface area contributed by atoms with Crippen LogP contribution in [0.25, 0.3) is 0 Å². The number of hydrogen-bond acceptors (Lipinski definition) is 4. The van der Waals surface area contributed by atoms with Crippen molar-refractivity contribution in [1.29, 1.82) is 5.26 Å². The Hall–Kier alpha value is -0.730. The van der Waals surface area contributed by atoms with Gasteiger partial charge < -0.3 is 10.2 Å². The molecule has 0 radical (unpaired) electrons. The Bertz CT molecular complexity index is 279. The number of thioether (sulfide) groups is 1. The van der Waals surface area contributed by atoms with Gasteiger partial charge in [0.05, 0.1) is 6.07 Å². The minimum Gasteiger partial charge on any atom is -0.359 e. The Morgan fingerprint density at radius 3 is 2.62 bits per heavy atom. The maximum atomic E-state index is 11.1. The third kappa shape index (κ3) is 3.39. The van der Waals surface area contributed by atoms with Gasteiger partial charge in [0, 0.05) is 33.1 Å². The number of nitrogens with one attached hydrogen (secondary N) is 1. The molecule has 90 valence electrons. The first-order valence-electron chi connectivity index (χ1n) is 5.55. The Labute approximate surface area is 101 Å². The maximum absolute atomic E-state index is 11.1. The molecule has 0 atom stereocenters. The molecule has 0 aromatic carbocycles. The molecular weight excluding hydrogens is 222 g/mol. The highest BCUT2D eigenvalue weighted by atomic mass is 32.2. The molecule has 0 saturated carbocycles. The maximum Gasteiger partial charge on any atom is 0.221 e. The summed E-state index contributed by atoms with van der Waals surface area (Å²) in [6.07, 6.45) is 4.36. The van der Waals surface area contributed by atoms with Crippen LogP contribution in [0.1, 0.15) is 19.3 Å². The van der Waals surface area contributed by atoms with Gasteiger partial charge in [-0.2, -0.15) is 5.26 Å². The number of nitriles is 1. The van der Waals surface area contributed by atoms with Gasteiger partial charge in [-0.3, -0.25) is 4.79 Å². The van der Waals surface area contributed by atoms with Crippen molar-refractivity contribution >= 4 is 17.7 Å². The van der Waals surface area contributed by atoms with E-state index < -0.39 is 0 Å². The Balaban J connectivity index is 2.32. The fourth-order valence-electron chi connectivity index (χ4n) is 1.88. The monoisotopic (exact) mass is 241 g/mol. The molecule has 0 spiro atoms. The second kappa shape index (κ2) is 6.12. The highest BCUT2D eigenvalue weighted by molar-refractivity contribution is 8.00. The quantitative estimate of drug-likeness (QED) is 0.792. The van der Waals surface area contributed by atoms with Crippen LogP contribution in [-0.4, -0.2) is 48.5 Å². The van der Waals surface area contributed by atoms with Gasteiger partial charge in [0.25, 0.3) is 0 Å². The van der Waals surface area contributed by atoms with E-state index in [0.717, 1.165) is 32.5 Å². The third-order valence-electron chi connectivity index (χ3n) is 3.19. The van der Waals surface area contributed by atoms with Crippen LogP contribution < -0.4 is 5.32 Å². The van der Waals surface area contributed by atoms with Gasteiger partial charge >= 0.3 is 0 Å². The summed E-state index contributed by atoms with van der Waals surface area (Å²) in [6.45, 7) is 2.65. The number of hydrogen-bond donors (Lipinski definition) is 1. The molecule has 1 fully saturated rings. The number of nitrogens with zero attached hydrogens (tertiary/aromatic N) is 2. The van der Waals surface area contributed by atoms with Gasteiger partial charge in [-0.25, -0.2) is 0 Å². The van der Waals surface area contributed by atoms with Crippen LogP contribution >= 0.6 is 11.8 Å². The standard InChI is InChI=1S/C11H19N3OS/c1-13-10(15)3-6-14-7-4-11(9-12,16-2)5-8-14/h3-8H2,1-2H3,(H,13,15). The zero-order chi connectivity index (χ0) is 12.0. The second-order valence-corrected chi connectivity index (χ2v) is 5.26. The van der Waals surface area contributed by atoms with Gasteiger partial charge in [0.2, 0.25) is 5.91 Å². The van der Waals surface area contributed by atoms with Gasteiger partial charge in [-0.1, -0.05) is 0 Å². The highest BCUT2D eigenvalue weighted by Gasteiger charge is 2.33. The van der Waals surface area contributed by atoms with Crippen molar-refractivity contribution in [2.75, 3.05) is 32.9 Å². The van der Waals surface area contributed by atoms with Gasteiger partial charge in [-0.05, 0) is 19.1 Å². The van der Waals surface area contributed by atoms with Crippen molar-refractivity contribution in [1.82, 2.24) is 10.2 Å². The first-order chi connectivity index (χ1) is 7.65. The van der Waals surface area contributed by atoms with Crippen LogP contribution in [0.5, 0.6) is 0 Å². The van der Waals surface area contributed by atoms with Gasteiger partial charge in [0.15, 0.2) is 0 Å². The SMILES string of the molecule is CNC(=O)CCN1CCC(C#N)(SC)CC1. The van der Waals surface area contributed by atoms with Crippen LogP contribution in [0.3, 0.4) is 0 Å². The molecule has 0 aliphatic carbocycles. The summed E-state index contributed by atoms with van der Waals surface area (Å²) in [5.41, 5.74) is 0. The van der Waals surface area contributed by atoms with E-state index in [-0.39, 0.29) is 10.7 Å². The number of rotatable bonds is 4. The first-order valence-corrected chi connectivity index (χ1v) is 6.77. The van der Waals surface area contributed by atoms with Crippen molar-refractivity contribution in [3.8, 4) is 6.07 Å². The largest absolute Gasteiger partial charge is 0.359 e. The zero-order valence-electron chi connectivity index (χ0n) is 9.95. The molecule has 4 nitrogen and oxygen atoms in total. The average Bonchev–Trinajstić information content (AvgIpc) is 2.36. The summed E-state index contributed by atoms with van der Waals surface area (Å²) in [6, 6.07) is 2.42. The van der Waals surface area contributed by atoms with Crippen LogP contribution in [0.15, 0.2) is 0 Å². The molecule has 5 heteroatoms. The lowest BCUT2D eigenvalue weighted by Gasteiger charge is -2.35. The van der Waals surface area contributed by atoms with Crippen molar-refractivity contribution in [3.05, 3.63) is 0 Å². The van der Waals surface area contributed by atoms with Gasteiger partial charge in [0.1, 0.15) is 4.75 Å². The fraction of sp³-hybridized carbons (Fsp3) is 0.818. The molecular formula is C11H19N3OS. The third-order valence-corrected chi connectivity index (χ3v) is 4.47. The summed E-state index contributed by atoms with van der Waals surface area (Å²) in [5, 5.41) is 11.8. The van der Waals surface area contributed by atoms with E-state index in [0.29, 0.717) is 6.42 Å². The lowest BCUT2D eigenvalue weighted by Crippen LogP contribution is -2.42. The van der Waals surface area contributed by atoms with Crippen LogP contribution in [0.4, 0.5) is 0 Å². The highest BCUT2D eigenvalue weighted by Crippen LogP contribution is 2.33. The number of piperidine rings is 1. The minimum absolute atomic E-state index is 0.0852. The Morgan fingerprint density at radius 2 is 2.19 bits per heavy atom. The molecule has 1 heterocycles. The molecule has 1 amide bonds. The van der Waals surface area contributed by atoms with Crippen molar-refractivity contribution in [2.45, 2.75) is 24.0 Å². The van der Waals surface area contributed by atoms with Crippen molar-refractivity contribution in [3.63, 3.8) is 0 Å². The van der Waals surface area contributed by atoms with E-state index >= 15 is 0 Å². The van der Waals surface area contributed by atoms with E-state index in [1.54, 1.807) is 18.8 Å². The van der Waals surface area contributed by atoms with E-state index in [4.69, 9.17) is 5.26 Å².